The van der Waals surface area contributed by atoms with Crippen LogP contribution >= 0.6 is 0 Å². The number of para-hydroxylation sites is 2. The van der Waals surface area contributed by atoms with Crippen LogP contribution in [0.25, 0.3) is 60.5 Å². The van der Waals surface area contributed by atoms with Crippen molar-refractivity contribution in [1.29, 1.82) is 0 Å². The normalized spacial score (nSPS) is 11.6. The van der Waals surface area contributed by atoms with E-state index in [0.717, 1.165) is 22.7 Å². The second-order valence-corrected chi connectivity index (χ2v) is 21.1. The molecule has 0 bridgehead atoms. The van der Waals surface area contributed by atoms with Crippen molar-refractivity contribution in [1.82, 2.24) is 4.57 Å². The molecule has 67 heavy (non-hydrogen) atoms. The van der Waals surface area contributed by atoms with E-state index in [1.54, 1.807) is 0 Å². The Morgan fingerprint density at radius 3 is 1.12 bits per heavy atom. The van der Waals surface area contributed by atoms with Crippen LogP contribution in [0.1, 0.15) is 0 Å². The Morgan fingerprint density at radius 1 is 0.269 bits per heavy atom. The first-order valence-corrected chi connectivity index (χ1v) is 25.1. The summed E-state index contributed by atoms with van der Waals surface area (Å²) in [5.74, 6) is 0. The highest BCUT2D eigenvalue weighted by atomic mass is 28.3. The van der Waals surface area contributed by atoms with Crippen LogP contribution in [0.3, 0.4) is 0 Å². The van der Waals surface area contributed by atoms with Crippen LogP contribution in [-0.2, 0) is 0 Å². The van der Waals surface area contributed by atoms with E-state index in [1.165, 1.54) is 75.6 Å². The molecule has 11 aromatic carbocycles. The van der Waals surface area contributed by atoms with Gasteiger partial charge in [-0.2, -0.15) is 0 Å². The monoisotopic (exact) mass is 870 g/mol. The summed E-state index contributed by atoms with van der Waals surface area (Å²) in [7, 11) is -2.70. The van der Waals surface area contributed by atoms with E-state index in [4.69, 9.17) is 0 Å². The van der Waals surface area contributed by atoms with Crippen molar-refractivity contribution < 1.29 is 0 Å². The first kappa shape index (κ1) is 40.0. The van der Waals surface area contributed by atoms with E-state index >= 15 is 0 Å². The van der Waals surface area contributed by atoms with Gasteiger partial charge in [0, 0.05) is 33.5 Å². The molecule has 0 amide bonds. The molecule has 0 spiro atoms. The molecule has 1 heterocycles. The predicted octanol–water partition coefficient (Wildman–Crippen LogP) is 14.1. The average Bonchev–Trinajstić information content (AvgIpc) is 3.75. The summed E-state index contributed by atoms with van der Waals surface area (Å²) in [4.78, 5) is 2.39. The molecule has 0 radical (unpaired) electrons. The van der Waals surface area contributed by atoms with Gasteiger partial charge in [-0.05, 0) is 121 Å². The summed E-state index contributed by atoms with van der Waals surface area (Å²) < 4.78 is 2.37. The molecule has 0 unspecified atom stereocenters. The van der Waals surface area contributed by atoms with Gasteiger partial charge in [-0.15, -0.1) is 0 Å². The fourth-order valence-electron chi connectivity index (χ4n) is 10.4. The Morgan fingerprint density at radius 2 is 0.627 bits per heavy atom. The fourth-order valence-corrected chi connectivity index (χ4v) is 15.1. The van der Waals surface area contributed by atoms with E-state index < -0.39 is 8.07 Å². The maximum atomic E-state index is 2.39. The minimum atomic E-state index is -2.70. The molecule has 0 N–H and O–H groups in total. The number of benzene rings is 11. The summed E-state index contributed by atoms with van der Waals surface area (Å²) in [5.41, 5.74) is 11.6. The van der Waals surface area contributed by atoms with Gasteiger partial charge in [0.25, 0.3) is 0 Å². The standard InChI is InChI=1S/C64H46N2Si/c1-4-18-57(19-5-1)67(58-20-6-2-7-21-58,59-22-8-3-9-23-59)60-44-42-55(43-45-60)65(54-38-34-50(35-39-54)52-29-28-47-16-10-11-17-51(47)46-52)53-36-30-48(31-37-53)49-32-40-56(41-33-49)66-63-26-14-12-24-61(63)62-25-13-15-27-64(62)66/h1-46H. The number of fused-ring (bicyclic) bond motifs is 4. The lowest BCUT2D eigenvalue weighted by atomic mass is 10.0. The third-order valence-corrected chi connectivity index (χ3v) is 18.3. The molecule has 0 aliphatic rings. The van der Waals surface area contributed by atoms with Gasteiger partial charge < -0.3 is 9.47 Å². The van der Waals surface area contributed by atoms with Gasteiger partial charge in [0.15, 0.2) is 8.07 Å². The Labute approximate surface area is 392 Å². The zero-order valence-electron chi connectivity index (χ0n) is 37.0. The summed E-state index contributed by atoms with van der Waals surface area (Å²) in [6, 6.07) is 103. The molecule has 3 heteroatoms. The van der Waals surface area contributed by atoms with Crippen molar-refractivity contribution in [3.63, 3.8) is 0 Å². The third kappa shape index (κ3) is 7.14. The zero-order valence-corrected chi connectivity index (χ0v) is 38.0. The zero-order chi connectivity index (χ0) is 44.6. The highest BCUT2D eigenvalue weighted by Gasteiger charge is 2.41. The molecule has 1 aromatic heterocycles. The van der Waals surface area contributed by atoms with Crippen LogP contribution in [0, 0.1) is 0 Å². The van der Waals surface area contributed by atoms with Crippen molar-refractivity contribution in [3.8, 4) is 27.9 Å². The van der Waals surface area contributed by atoms with Crippen molar-refractivity contribution in [2.24, 2.45) is 0 Å². The number of aromatic nitrogens is 1. The maximum absolute atomic E-state index is 2.70. The number of hydrogen-bond donors (Lipinski definition) is 0. The highest BCUT2D eigenvalue weighted by Crippen LogP contribution is 2.38. The van der Waals surface area contributed by atoms with Crippen molar-refractivity contribution >= 4 is 78.5 Å². The third-order valence-electron chi connectivity index (χ3n) is 13.6. The summed E-state index contributed by atoms with van der Waals surface area (Å²) >= 11 is 0. The quantitative estimate of drug-likeness (QED) is 0.0982. The minimum Gasteiger partial charge on any atom is -0.311 e. The van der Waals surface area contributed by atoms with Crippen molar-refractivity contribution in [3.05, 3.63) is 279 Å². The smallest absolute Gasteiger partial charge is 0.179 e. The molecule has 0 atom stereocenters. The summed E-state index contributed by atoms with van der Waals surface area (Å²) in [6.07, 6.45) is 0. The van der Waals surface area contributed by atoms with E-state index in [0.29, 0.717) is 0 Å². The predicted molar refractivity (Wildman–Crippen MR) is 287 cm³/mol. The fraction of sp³-hybridized carbons (Fsp3) is 0. The molecule has 12 aromatic rings. The van der Waals surface area contributed by atoms with Gasteiger partial charge in [0.2, 0.25) is 0 Å². The molecule has 12 rings (SSSR count). The van der Waals surface area contributed by atoms with E-state index in [1.807, 2.05) is 0 Å². The Hall–Kier alpha value is -8.50. The molecule has 0 saturated heterocycles. The first-order valence-electron chi connectivity index (χ1n) is 23.1. The lowest BCUT2D eigenvalue weighted by Gasteiger charge is -2.35. The van der Waals surface area contributed by atoms with E-state index in [9.17, 15) is 0 Å². The van der Waals surface area contributed by atoms with Gasteiger partial charge in [-0.25, -0.2) is 0 Å². The SMILES string of the molecule is c1ccc([Si](c2ccccc2)(c2ccccc2)c2ccc(N(c3ccc(-c4ccc(-n5c6ccccc6c6ccccc65)cc4)cc3)c3ccc(-c4ccc5ccccc5c4)cc3)cc2)cc1. The lowest BCUT2D eigenvalue weighted by Crippen LogP contribution is -2.74. The van der Waals surface area contributed by atoms with Gasteiger partial charge in [0.05, 0.1) is 11.0 Å². The largest absolute Gasteiger partial charge is 0.311 e. The molecule has 2 nitrogen and oxygen atoms in total. The average molecular weight is 871 g/mol. The van der Waals surface area contributed by atoms with Crippen LogP contribution < -0.4 is 25.6 Å². The van der Waals surface area contributed by atoms with Crippen LogP contribution in [0.5, 0.6) is 0 Å². The molecule has 0 fully saturated rings. The Kier molecular flexibility index (Phi) is 10.2. The molecular formula is C64H46N2Si. The van der Waals surface area contributed by atoms with Gasteiger partial charge in [-0.3, -0.25) is 0 Å². The van der Waals surface area contributed by atoms with Crippen LogP contribution in [0.15, 0.2) is 279 Å². The molecule has 316 valence electrons. The summed E-state index contributed by atoms with van der Waals surface area (Å²) in [6.45, 7) is 0. The Bertz CT molecular complexity index is 3490. The van der Waals surface area contributed by atoms with Gasteiger partial charge in [0.1, 0.15) is 0 Å². The second kappa shape index (κ2) is 17.1. The van der Waals surface area contributed by atoms with Gasteiger partial charge >= 0.3 is 0 Å². The maximum Gasteiger partial charge on any atom is 0.179 e. The molecule has 0 aliphatic heterocycles. The minimum absolute atomic E-state index is 1.09. The number of nitrogens with zero attached hydrogens (tertiary/aromatic N) is 2. The van der Waals surface area contributed by atoms with Crippen LogP contribution in [-0.4, -0.2) is 12.6 Å². The van der Waals surface area contributed by atoms with Crippen LogP contribution in [0.4, 0.5) is 17.1 Å². The van der Waals surface area contributed by atoms with E-state index in [2.05, 4.69) is 289 Å². The van der Waals surface area contributed by atoms with Crippen LogP contribution in [0.2, 0.25) is 0 Å². The first-order chi connectivity index (χ1) is 33.2. The topological polar surface area (TPSA) is 8.17 Å². The van der Waals surface area contributed by atoms with Crippen molar-refractivity contribution in [2.75, 3.05) is 4.90 Å². The molecular weight excluding hydrogens is 825 g/mol. The Balaban J connectivity index is 0.940. The number of hydrogen-bond acceptors (Lipinski definition) is 1. The molecule has 0 aliphatic carbocycles. The van der Waals surface area contributed by atoms with E-state index in [-0.39, 0.29) is 0 Å². The van der Waals surface area contributed by atoms with Crippen molar-refractivity contribution in [2.45, 2.75) is 0 Å². The van der Waals surface area contributed by atoms with Gasteiger partial charge in [-0.1, -0.05) is 212 Å². The number of anilines is 3. The lowest BCUT2D eigenvalue weighted by molar-refractivity contribution is 1.18. The molecule has 0 saturated carbocycles. The highest BCUT2D eigenvalue weighted by molar-refractivity contribution is 7.19. The second-order valence-electron chi connectivity index (χ2n) is 17.3. The number of rotatable bonds is 10. The summed E-state index contributed by atoms with van der Waals surface area (Å²) in [5, 5.41) is 10.5.